The van der Waals surface area contributed by atoms with Crippen LogP contribution in [-0.4, -0.2) is 25.7 Å². The first kappa shape index (κ1) is 5.69. The van der Waals surface area contributed by atoms with Crippen molar-refractivity contribution in [3.63, 3.8) is 0 Å². The SMILES string of the molecule is C1C[C@H]2NCC[C@@H]2CN1. The van der Waals surface area contributed by atoms with Gasteiger partial charge in [0.05, 0.1) is 0 Å². The monoisotopic (exact) mass is 126 g/mol. The third kappa shape index (κ3) is 0.970. The summed E-state index contributed by atoms with van der Waals surface area (Å²) in [7, 11) is 0. The zero-order valence-corrected chi connectivity index (χ0v) is 5.69. The predicted molar refractivity (Wildman–Crippen MR) is 37.4 cm³/mol. The number of rotatable bonds is 0. The van der Waals surface area contributed by atoms with Crippen LogP contribution in [0, 0.1) is 5.92 Å². The normalized spacial score (nSPS) is 42.7. The highest BCUT2D eigenvalue weighted by Crippen LogP contribution is 2.19. The fourth-order valence-corrected chi connectivity index (χ4v) is 1.95. The minimum Gasteiger partial charge on any atom is -0.316 e. The van der Waals surface area contributed by atoms with Crippen molar-refractivity contribution in [1.29, 1.82) is 0 Å². The summed E-state index contributed by atoms with van der Waals surface area (Å²) in [5.41, 5.74) is 0. The smallest absolute Gasteiger partial charge is 0.0120 e. The molecule has 9 heavy (non-hydrogen) atoms. The summed E-state index contributed by atoms with van der Waals surface area (Å²) in [6.45, 7) is 3.71. The highest BCUT2D eigenvalue weighted by molar-refractivity contribution is 4.88. The highest BCUT2D eigenvalue weighted by atomic mass is 15.0. The molecule has 0 aromatic heterocycles. The van der Waals surface area contributed by atoms with Crippen molar-refractivity contribution in [2.24, 2.45) is 5.92 Å². The summed E-state index contributed by atoms with van der Waals surface area (Å²) in [4.78, 5) is 0. The topological polar surface area (TPSA) is 24.1 Å². The van der Waals surface area contributed by atoms with Gasteiger partial charge in [-0.2, -0.15) is 0 Å². The second-order valence-electron chi connectivity index (χ2n) is 3.10. The third-order valence-electron chi connectivity index (χ3n) is 2.53. The fourth-order valence-electron chi connectivity index (χ4n) is 1.95. The number of hydrogen-bond donors (Lipinski definition) is 2. The van der Waals surface area contributed by atoms with Gasteiger partial charge in [0.15, 0.2) is 0 Å². The molecule has 0 aliphatic carbocycles. The molecule has 0 saturated carbocycles. The molecule has 52 valence electrons. The maximum absolute atomic E-state index is 3.52. The van der Waals surface area contributed by atoms with E-state index in [1.165, 1.54) is 32.5 Å². The van der Waals surface area contributed by atoms with Crippen molar-refractivity contribution in [2.45, 2.75) is 18.9 Å². The van der Waals surface area contributed by atoms with Crippen molar-refractivity contribution in [3.8, 4) is 0 Å². The zero-order valence-electron chi connectivity index (χ0n) is 5.69. The second-order valence-corrected chi connectivity index (χ2v) is 3.10. The summed E-state index contributed by atoms with van der Waals surface area (Å²) in [5, 5.41) is 6.93. The molecule has 2 aliphatic heterocycles. The summed E-state index contributed by atoms with van der Waals surface area (Å²) in [6, 6.07) is 0.853. The van der Waals surface area contributed by atoms with E-state index in [9.17, 15) is 0 Å². The van der Waals surface area contributed by atoms with Gasteiger partial charge in [-0.25, -0.2) is 0 Å². The van der Waals surface area contributed by atoms with Crippen molar-refractivity contribution in [1.82, 2.24) is 10.6 Å². The fraction of sp³-hybridized carbons (Fsp3) is 1.00. The van der Waals surface area contributed by atoms with E-state index in [0.717, 1.165) is 12.0 Å². The van der Waals surface area contributed by atoms with Crippen LogP contribution in [0.25, 0.3) is 0 Å². The maximum atomic E-state index is 3.52. The molecule has 0 unspecified atom stereocenters. The van der Waals surface area contributed by atoms with E-state index >= 15 is 0 Å². The molecule has 2 heteroatoms. The minimum atomic E-state index is 0.853. The van der Waals surface area contributed by atoms with Gasteiger partial charge in [-0.05, 0) is 38.4 Å². The molecule has 2 rings (SSSR count). The van der Waals surface area contributed by atoms with E-state index in [-0.39, 0.29) is 0 Å². The molecule has 0 amide bonds. The first-order valence-corrected chi connectivity index (χ1v) is 3.91. The van der Waals surface area contributed by atoms with E-state index in [0.29, 0.717) is 0 Å². The Balaban J connectivity index is 1.97. The Bertz CT molecular complexity index is 91.1. The van der Waals surface area contributed by atoms with E-state index < -0.39 is 0 Å². The summed E-state index contributed by atoms with van der Waals surface area (Å²) in [5.74, 6) is 0.943. The van der Waals surface area contributed by atoms with Gasteiger partial charge in [-0.3, -0.25) is 0 Å². The average molecular weight is 126 g/mol. The Kier molecular flexibility index (Phi) is 1.44. The molecular weight excluding hydrogens is 112 g/mol. The molecule has 2 aliphatic rings. The molecular formula is C7H14N2. The van der Waals surface area contributed by atoms with Gasteiger partial charge in [0, 0.05) is 6.04 Å². The summed E-state index contributed by atoms with van der Waals surface area (Å²) in [6.07, 6.45) is 2.72. The second kappa shape index (κ2) is 2.27. The zero-order chi connectivity index (χ0) is 6.10. The van der Waals surface area contributed by atoms with Crippen LogP contribution in [0.5, 0.6) is 0 Å². The molecule has 2 fully saturated rings. The standard InChI is InChI=1S/C7H14N2/c1-4-9-7-2-3-8-5-6(1)7/h6-9H,1-5H2/t6-,7-/m1/s1. The van der Waals surface area contributed by atoms with Crippen LogP contribution >= 0.6 is 0 Å². The van der Waals surface area contributed by atoms with E-state index in [1.807, 2.05) is 0 Å². The maximum Gasteiger partial charge on any atom is 0.0120 e. The molecule has 2 atom stereocenters. The van der Waals surface area contributed by atoms with Crippen LogP contribution in [0.3, 0.4) is 0 Å². The van der Waals surface area contributed by atoms with Crippen LogP contribution < -0.4 is 10.6 Å². The Morgan fingerprint density at radius 2 is 2.11 bits per heavy atom. The van der Waals surface area contributed by atoms with Crippen LogP contribution in [0.1, 0.15) is 12.8 Å². The molecule has 2 heterocycles. The van der Waals surface area contributed by atoms with E-state index in [2.05, 4.69) is 10.6 Å². The molecule has 2 nitrogen and oxygen atoms in total. The van der Waals surface area contributed by atoms with E-state index in [4.69, 9.17) is 0 Å². The van der Waals surface area contributed by atoms with Crippen molar-refractivity contribution in [2.75, 3.05) is 19.6 Å². The quantitative estimate of drug-likeness (QED) is 0.476. The molecule has 0 radical (unpaired) electrons. The highest BCUT2D eigenvalue weighted by Gasteiger charge is 2.28. The lowest BCUT2D eigenvalue weighted by Crippen LogP contribution is -2.41. The van der Waals surface area contributed by atoms with E-state index in [1.54, 1.807) is 0 Å². The average Bonchev–Trinajstić information content (AvgIpc) is 2.33. The molecule has 0 bridgehead atoms. The van der Waals surface area contributed by atoms with Crippen molar-refractivity contribution in [3.05, 3.63) is 0 Å². The van der Waals surface area contributed by atoms with Gasteiger partial charge >= 0.3 is 0 Å². The molecule has 0 spiro atoms. The van der Waals surface area contributed by atoms with Crippen molar-refractivity contribution < 1.29 is 0 Å². The summed E-state index contributed by atoms with van der Waals surface area (Å²) < 4.78 is 0. The largest absolute Gasteiger partial charge is 0.316 e. The Hall–Kier alpha value is -0.0800. The van der Waals surface area contributed by atoms with Crippen LogP contribution in [0.4, 0.5) is 0 Å². The van der Waals surface area contributed by atoms with Gasteiger partial charge in [-0.1, -0.05) is 0 Å². The van der Waals surface area contributed by atoms with Crippen LogP contribution in [0.15, 0.2) is 0 Å². The minimum absolute atomic E-state index is 0.853. The number of hydrogen-bond acceptors (Lipinski definition) is 2. The summed E-state index contributed by atoms with van der Waals surface area (Å²) >= 11 is 0. The number of nitrogens with one attached hydrogen (secondary N) is 2. The molecule has 0 aromatic rings. The van der Waals surface area contributed by atoms with Crippen LogP contribution in [0.2, 0.25) is 0 Å². The molecule has 2 N–H and O–H groups in total. The Morgan fingerprint density at radius 1 is 1.11 bits per heavy atom. The first-order chi connectivity index (χ1) is 4.47. The number of fused-ring (bicyclic) bond motifs is 1. The molecule has 2 saturated heterocycles. The molecule has 0 aromatic carbocycles. The third-order valence-corrected chi connectivity index (χ3v) is 2.53. The lowest BCUT2D eigenvalue weighted by atomic mass is 9.95. The Morgan fingerprint density at radius 3 is 3.00 bits per heavy atom. The van der Waals surface area contributed by atoms with Gasteiger partial charge in [-0.15, -0.1) is 0 Å². The van der Waals surface area contributed by atoms with Gasteiger partial charge in [0.25, 0.3) is 0 Å². The predicted octanol–water partition coefficient (Wildman–Crippen LogP) is -0.0422. The first-order valence-electron chi connectivity index (χ1n) is 3.91. The van der Waals surface area contributed by atoms with Crippen LogP contribution in [-0.2, 0) is 0 Å². The lowest BCUT2D eigenvalue weighted by Gasteiger charge is -2.25. The van der Waals surface area contributed by atoms with Gasteiger partial charge in [0.2, 0.25) is 0 Å². The van der Waals surface area contributed by atoms with Crippen molar-refractivity contribution >= 4 is 0 Å². The Labute approximate surface area is 56.0 Å². The van der Waals surface area contributed by atoms with Gasteiger partial charge in [0.1, 0.15) is 0 Å². The lowest BCUT2D eigenvalue weighted by molar-refractivity contribution is 0.344. The van der Waals surface area contributed by atoms with Gasteiger partial charge < -0.3 is 10.6 Å². The number of piperidine rings is 1.